The largest absolute Gasteiger partial charge is 0.466 e. The van der Waals surface area contributed by atoms with Crippen molar-refractivity contribution in [3.63, 3.8) is 0 Å². The average molecular weight is 504 g/mol. The van der Waals surface area contributed by atoms with E-state index in [4.69, 9.17) is 19.7 Å². The highest BCUT2D eigenvalue weighted by molar-refractivity contribution is 5.76. The number of ether oxygens (including phenoxy) is 1. The van der Waals surface area contributed by atoms with Crippen LogP contribution in [0.5, 0.6) is 0 Å². The molecular weight excluding hydrogens is 462 g/mol. The first-order valence-corrected chi connectivity index (χ1v) is 14.0. The highest BCUT2D eigenvalue weighted by atomic mass is 16.5. The summed E-state index contributed by atoms with van der Waals surface area (Å²) in [7, 11) is 0. The Morgan fingerprint density at radius 3 is 2.51 bits per heavy atom. The molecule has 1 aliphatic heterocycles. The van der Waals surface area contributed by atoms with Gasteiger partial charge in [-0.05, 0) is 74.0 Å². The van der Waals surface area contributed by atoms with Crippen molar-refractivity contribution in [2.75, 3.05) is 24.6 Å². The number of fused-ring (bicyclic) bond motifs is 1. The maximum atomic E-state index is 12.0. The number of hydrogen-bond acceptors (Lipinski definition) is 6. The first-order chi connectivity index (χ1) is 17.7. The lowest BCUT2D eigenvalue weighted by atomic mass is 9.84. The Balaban J connectivity index is 1.46. The number of esters is 1. The van der Waals surface area contributed by atoms with Gasteiger partial charge in [0.05, 0.1) is 18.6 Å². The predicted molar refractivity (Wildman–Crippen MR) is 147 cm³/mol. The number of rotatable bonds is 7. The summed E-state index contributed by atoms with van der Waals surface area (Å²) >= 11 is 0. The highest BCUT2D eigenvalue weighted by Crippen LogP contribution is 2.36. The minimum absolute atomic E-state index is 0.0877. The van der Waals surface area contributed by atoms with Gasteiger partial charge in [-0.3, -0.25) is 4.79 Å². The van der Waals surface area contributed by atoms with Gasteiger partial charge in [0.25, 0.3) is 0 Å². The molecule has 7 nitrogen and oxygen atoms in total. The number of benzene rings is 1. The second-order valence-electron chi connectivity index (χ2n) is 11.9. The van der Waals surface area contributed by atoms with E-state index >= 15 is 0 Å². The van der Waals surface area contributed by atoms with Crippen LogP contribution < -0.4 is 4.90 Å². The molecule has 1 saturated carbocycles. The Kier molecular flexibility index (Phi) is 7.24. The van der Waals surface area contributed by atoms with E-state index in [0.717, 1.165) is 55.2 Å². The van der Waals surface area contributed by atoms with E-state index in [1.54, 1.807) is 0 Å². The Hall–Kier alpha value is -2.96. The topological polar surface area (TPSA) is 73.1 Å². The fourth-order valence-corrected chi connectivity index (χ4v) is 5.51. The Labute approximate surface area is 220 Å². The number of imidazole rings is 1. The number of carbonyl (C=O) groups is 1. The molecule has 198 valence electrons. The maximum absolute atomic E-state index is 12.0. The number of carbonyl (C=O) groups excluding carboxylic acids is 1. The third kappa shape index (κ3) is 5.51. The van der Waals surface area contributed by atoms with Crippen molar-refractivity contribution in [1.82, 2.24) is 19.5 Å². The molecule has 2 aromatic heterocycles. The van der Waals surface area contributed by atoms with E-state index in [1.165, 1.54) is 36.0 Å². The SMILES string of the molecule is CCOC(=O)CC1CCN(c2nc(Cc3cc(C(C)(C)C)ccc3C)c3c(ncn3C3CCC3)n2)CC1. The van der Waals surface area contributed by atoms with Gasteiger partial charge in [-0.1, -0.05) is 39.0 Å². The fraction of sp³-hybridized carbons (Fsp3) is 0.600. The number of anilines is 1. The lowest BCUT2D eigenvalue weighted by Crippen LogP contribution is -2.36. The molecule has 0 bridgehead atoms. The van der Waals surface area contributed by atoms with Crippen LogP contribution in [-0.2, 0) is 21.4 Å². The zero-order valence-corrected chi connectivity index (χ0v) is 23.1. The van der Waals surface area contributed by atoms with E-state index in [9.17, 15) is 4.79 Å². The normalized spacial score (nSPS) is 17.3. The minimum atomic E-state index is -0.0877. The fourth-order valence-electron chi connectivity index (χ4n) is 5.51. The lowest BCUT2D eigenvalue weighted by molar-refractivity contribution is -0.144. The molecular formula is C30H41N5O2. The molecule has 0 atom stereocenters. The molecule has 3 heterocycles. The quantitative estimate of drug-likeness (QED) is 0.373. The summed E-state index contributed by atoms with van der Waals surface area (Å²) < 4.78 is 7.49. The summed E-state index contributed by atoms with van der Waals surface area (Å²) in [4.78, 5) is 29.1. The molecule has 37 heavy (non-hydrogen) atoms. The molecule has 0 amide bonds. The molecule has 7 heteroatoms. The number of nitrogens with zero attached hydrogens (tertiary/aromatic N) is 5. The minimum Gasteiger partial charge on any atom is -0.466 e. The number of aryl methyl sites for hydroxylation is 1. The van der Waals surface area contributed by atoms with E-state index < -0.39 is 0 Å². The highest BCUT2D eigenvalue weighted by Gasteiger charge is 2.28. The van der Waals surface area contributed by atoms with E-state index in [0.29, 0.717) is 25.0 Å². The molecule has 1 aliphatic carbocycles. The first kappa shape index (κ1) is 25.7. The predicted octanol–water partition coefficient (Wildman–Crippen LogP) is 5.92. The Bertz CT molecular complexity index is 1260. The summed E-state index contributed by atoms with van der Waals surface area (Å²) in [6, 6.07) is 7.35. The summed E-state index contributed by atoms with van der Waals surface area (Å²) in [5.41, 5.74) is 6.98. The van der Waals surface area contributed by atoms with E-state index in [2.05, 4.69) is 55.4 Å². The molecule has 0 spiro atoms. The van der Waals surface area contributed by atoms with Crippen LogP contribution >= 0.6 is 0 Å². The standard InChI is InChI=1S/C30H41N5O2/c1-6-37-26(36)16-21-12-14-34(15-13-21)29-32-25(18-22-17-23(30(3,4)5)11-10-20(22)2)27-28(33-29)31-19-35(27)24-8-7-9-24/h10-11,17,19,21,24H,6-9,12-16,18H2,1-5H3. The van der Waals surface area contributed by atoms with Crippen molar-refractivity contribution in [1.29, 1.82) is 0 Å². The molecule has 0 N–H and O–H groups in total. The number of hydrogen-bond donors (Lipinski definition) is 0. The van der Waals surface area contributed by atoms with Gasteiger partial charge in [0.15, 0.2) is 5.65 Å². The summed E-state index contributed by atoms with van der Waals surface area (Å²) in [6.45, 7) is 13.0. The summed E-state index contributed by atoms with van der Waals surface area (Å²) in [5, 5.41) is 0. The van der Waals surface area contributed by atoms with Crippen LogP contribution in [0.1, 0.15) is 94.6 Å². The third-order valence-electron chi connectivity index (χ3n) is 8.19. The van der Waals surface area contributed by atoms with Crippen LogP contribution in [0.3, 0.4) is 0 Å². The van der Waals surface area contributed by atoms with Gasteiger partial charge < -0.3 is 14.2 Å². The summed E-state index contributed by atoms with van der Waals surface area (Å²) in [5.74, 6) is 1.04. The Morgan fingerprint density at radius 2 is 1.86 bits per heavy atom. The number of aromatic nitrogens is 4. The molecule has 1 saturated heterocycles. The van der Waals surface area contributed by atoms with Crippen molar-refractivity contribution < 1.29 is 9.53 Å². The van der Waals surface area contributed by atoms with Crippen LogP contribution in [0.15, 0.2) is 24.5 Å². The molecule has 0 radical (unpaired) electrons. The van der Waals surface area contributed by atoms with Gasteiger partial charge in [-0.2, -0.15) is 4.98 Å². The van der Waals surface area contributed by atoms with Gasteiger partial charge in [0.1, 0.15) is 5.52 Å². The van der Waals surface area contributed by atoms with Gasteiger partial charge in [0.2, 0.25) is 5.95 Å². The lowest BCUT2D eigenvalue weighted by Gasteiger charge is -2.32. The Morgan fingerprint density at radius 1 is 1.11 bits per heavy atom. The molecule has 2 fully saturated rings. The van der Waals surface area contributed by atoms with E-state index in [-0.39, 0.29) is 11.4 Å². The number of piperidine rings is 1. The zero-order valence-electron chi connectivity index (χ0n) is 23.1. The molecule has 3 aromatic rings. The first-order valence-electron chi connectivity index (χ1n) is 14.0. The van der Waals surface area contributed by atoms with Gasteiger partial charge in [-0.15, -0.1) is 0 Å². The van der Waals surface area contributed by atoms with Crippen LogP contribution in [-0.4, -0.2) is 45.2 Å². The van der Waals surface area contributed by atoms with E-state index in [1.807, 2.05) is 13.3 Å². The molecule has 2 aliphatic rings. The van der Waals surface area contributed by atoms with Crippen LogP contribution in [0.4, 0.5) is 5.95 Å². The third-order valence-corrected chi connectivity index (χ3v) is 8.19. The molecule has 0 unspecified atom stereocenters. The second kappa shape index (κ2) is 10.4. The van der Waals surface area contributed by atoms with Crippen molar-refractivity contribution in [2.24, 2.45) is 5.92 Å². The van der Waals surface area contributed by atoms with Crippen molar-refractivity contribution in [2.45, 2.75) is 91.0 Å². The zero-order chi connectivity index (χ0) is 26.2. The average Bonchev–Trinajstić information content (AvgIpc) is 3.23. The molecule has 5 rings (SSSR count). The van der Waals surface area contributed by atoms with Crippen LogP contribution in [0.2, 0.25) is 0 Å². The summed E-state index contributed by atoms with van der Waals surface area (Å²) in [6.07, 6.45) is 8.78. The van der Waals surface area contributed by atoms with Gasteiger partial charge >= 0.3 is 5.97 Å². The van der Waals surface area contributed by atoms with Crippen molar-refractivity contribution in [3.8, 4) is 0 Å². The second-order valence-corrected chi connectivity index (χ2v) is 11.9. The van der Waals surface area contributed by atoms with Crippen molar-refractivity contribution >= 4 is 23.1 Å². The maximum Gasteiger partial charge on any atom is 0.306 e. The van der Waals surface area contributed by atoms with Gasteiger partial charge in [0, 0.05) is 32.0 Å². The van der Waals surface area contributed by atoms with Crippen LogP contribution in [0, 0.1) is 12.8 Å². The van der Waals surface area contributed by atoms with Crippen molar-refractivity contribution in [3.05, 3.63) is 46.9 Å². The monoisotopic (exact) mass is 503 g/mol. The van der Waals surface area contributed by atoms with Crippen LogP contribution in [0.25, 0.3) is 11.2 Å². The van der Waals surface area contributed by atoms with Gasteiger partial charge in [-0.25, -0.2) is 9.97 Å². The molecule has 1 aromatic carbocycles. The smallest absolute Gasteiger partial charge is 0.306 e.